The van der Waals surface area contributed by atoms with Gasteiger partial charge in [0.15, 0.2) is 0 Å². The van der Waals surface area contributed by atoms with Crippen LogP contribution in [0, 0.1) is 10.1 Å². The summed E-state index contributed by atoms with van der Waals surface area (Å²) in [4.78, 5) is 11.7. The predicted molar refractivity (Wildman–Crippen MR) is 172 cm³/mol. The average Bonchev–Trinajstić information content (AvgIpc) is 2.93. The summed E-state index contributed by atoms with van der Waals surface area (Å²) in [6.45, 7) is 14.9. The van der Waals surface area contributed by atoms with Gasteiger partial charge in [-0.05, 0) is 77.3 Å². The fourth-order valence-corrected chi connectivity index (χ4v) is 6.52. The minimum atomic E-state index is -4.05. The lowest BCUT2D eigenvalue weighted by Crippen LogP contribution is -2.19. The molecule has 3 aromatic carbocycles. The topological polar surface area (TPSA) is 111 Å². The zero-order valence-electron chi connectivity index (χ0n) is 25.9. The van der Waals surface area contributed by atoms with Gasteiger partial charge in [0, 0.05) is 11.8 Å². The second-order valence-electron chi connectivity index (χ2n) is 11.6. The van der Waals surface area contributed by atoms with E-state index in [0.29, 0.717) is 12.3 Å². The standard InChI is InChI=1S/C33H45N3O5S/c1-8-9-10-11-18-41-28-15-12-26(13-16-28)34-31-17-14-27(21-32(31)36(37)38)35-42(39,40)33-29(23(4)5)19-25(22(2)3)20-30(33)24(6)7/h12-17,19-24,34-35H,8-11,18H2,1-7H3. The number of nitrogens with zero attached hydrogens (tertiary/aromatic N) is 1. The van der Waals surface area contributed by atoms with Crippen molar-refractivity contribution >= 4 is 32.8 Å². The van der Waals surface area contributed by atoms with Crippen molar-refractivity contribution in [2.75, 3.05) is 16.6 Å². The molecule has 0 amide bonds. The zero-order valence-corrected chi connectivity index (χ0v) is 26.7. The molecule has 9 heteroatoms. The molecule has 0 radical (unpaired) electrons. The molecule has 3 aromatic rings. The third-order valence-corrected chi connectivity index (χ3v) is 8.71. The van der Waals surface area contributed by atoms with E-state index in [1.165, 1.54) is 31.0 Å². The predicted octanol–water partition coefficient (Wildman–Crippen LogP) is 9.47. The molecule has 0 heterocycles. The molecule has 0 aliphatic heterocycles. The fourth-order valence-electron chi connectivity index (χ4n) is 4.77. The molecule has 0 aliphatic carbocycles. The van der Waals surface area contributed by atoms with Crippen LogP contribution in [-0.4, -0.2) is 19.9 Å². The van der Waals surface area contributed by atoms with Crippen LogP contribution in [0.15, 0.2) is 59.5 Å². The van der Waals surface area contributed by atoms with Gasteiger partial charge in [0.1, 0.15) is 11.4 Å². The molecule has 8 nitrogen and oxygen atoms in total. The van der Waals surface area contributed by atoms with Crippen LogP contribution in [-0.2, 0) is 10.0 Å². The van der Waals surface area contributed by atoms with E-state index in [0.717, 1.165) is 35.3 Å². The second-order valence-corrected chi connectivity index (χ2v) is 13.3. The molecule has 0 saturated carbocycles. The van der Waals surface area contributed by atoms with Crippen LogP contribution in [0.25, 0.3) is 0 Å². The van der Waals surface area contributed by atoms with E-state index in [9.17, 15) is 18.5 Å². The van der Waals surface area contributed by atoms with E-state index in [1.54, 1.807) is 12.1 Å². The summed E-state index contributed by atoms with van der Waals surface area (Å²) in [5, 5.41) is 15.1. The molecular weight excluding hydrogens is 550 g/mol. The molecule has 3 rings (SSSR count). The first-order valence-corrected chi connectivity index (χ1v) is 16.3. The number of ether oxygens (including phenoxy) is 1. The maximum Gasteiger partial charge on any atom is 0.294 e. The third kappa shape index (κ3) is 8.47. The first kappa shape index (κ1) is 32.9. The first-order valence-electron chi connectivity index (χ1n) is 14.8. The van der Waals surface area contributed by atoms with Crippen molar-refractivity contribution in [1.82, 2.24) is 0 Å². The van der Waals surface area contributed by atoms with Crippen LogP contribution < -0.4 is 14.8 Å². The molecule has 0 fully saturated rings. The maximum absolute atomic E-state index is 13.8. The van der Waals surface area contributed by atoms with Crippen molar-refractivity contribution in [3.05, 3.63) is 81.4 Å². The first-order chi connectivity index (χ1) is 19.8. The Balaban J connectivity index is 1.87. The van der Waals surface area contributed by atoms with Crippen LogP contribution >= 0.6 is 0 Å². The minimum absolute atomic E-state index is 0.0356. The number of nitrogens with one attached hydrogen (secondary N) is 2. The summed E-state index contributed by atoms with van der Waals surface area (Å²) < 4.78 is 36.1. The molecule has 42 heavy (non-hydrogen) atoms. The summed E-state index contributed by atoms with van der Waals surface area (Å²) in [5.74, 6) is 0.906. The zero-order chi connectivity index (χ0) is 31.0. The lowest BCUT2D eigenvalue weighted by molar-refractivity contribution is -0.383. The van der Waals surface area contributed by atoms with Gasteiger partial charge >= 0.3 is 0 Å². The number of sulfonamides is 1. The van der Waals surface area contributed by atoms with E-state index in [-0.39, 0.29) is 39.7 Å². The molecule has 0 aromatic heterocycles. The summed E-state index contributed by atoms with van der Waals surface area (Å²) in [7, 11) is -4.05. The van der Waals surface area contributed by atoms with Crippen LogP contribution in [0.4, 0.5) is 22.7 Å². The molecule has 228 valence electrons. The number of nitro benzene ring substituents is 1. The summed E-state index contributed by atoms with van der Waals surface area (Å²) >= 11 is 0. The lowest BCUT2D eigenvalue weighted by atomic mass is 9.89. The Labute approximate surface area is 251 Å². The van der Waals surface area contributed by atoms with Crippen molar-refractivity contribution in [3.63, 3.8) is 0 Å². The quantitative estimate of drug-likeness (QED) is 0.103. The monoisotopic (exact) mass is 595 g/mol. The van der Waals surface area contributed by atoms with Gasteiger partial charge in [0.25, 0.3) is 15.7 Å². The summed E-state index contributed by atoms with van der Waals surface area (Å²) in [5.41, 5.74) is 3.34. The second kappa shape index (κ2) is 14.5. The van der Waals surface area contributed by atoms with Gasteiger partial charge in [0.05, 0.1) is 22.1 Å². The number of anilines is 3. The number of hydrogen-bond acceptors (Lipinski definition) is 6. The van der Waals surface area contributed by atoms with Gasteiger partial charge in [-0.3, -0.25) is 14.8 Å². The molecule has 0 saturated heterocycles. The molecule has 0 bridgehead atoms. The molecule has 0 spiro atoms. The van der Waals surface area contributed by atoms with Gasteiger partial charge in [-0.15, -0.1) is 0 Å². The van der Waals surface area contributed by atoms with Crippen LogP contribution in [0.3, 0.4) is 0 Å². The highest BCUT2D eigenvalue weighted by Crippen LogP contribution is 2.37. The molecule has 2 N–H and O–H groups in total. The average molecular weight is 596 g/mol. The summed E-state index contributed by atoms with van der Waals surface area (Å²) in [6.07, 6.45) is 4.49. The maximum atomic E-state index is 13.8. The number of unbranched alkanes of at least 4 members (excludes halogenated alkanes) is 3. The van der Waals surface area contributed by atoms with Crippen LogP contribution in [0.1, 0.15) is 109 Å². The van der Waals surface area contributed by atoms with Crippen LogP contribution in [0.5, 0.6) is 5.75 Å². The Morgan fingerprint density at radius 2 is 1.40 bits per heavy atom. The SMILES string of the molecule is CCCCCCOc1ccc(Nc2ccc(NS(=O)(=O)c3c(C(C)C)cc(C(C)C)cc3C(C)C)cc2[N+](=O)[O-])cc1. The van der Waals surface area contributed by atoms with E-state index in [1.807, 2.05) is 52.0 Å². The van der Waals surface area contributed by atoms with Gasteiger partial charge in [-0.2, -0.15) is 0 Å². The summed E-state index contributed by atoms with van der Waals surface area (Å²) in [6, 6.07) is 15.5. The number of nitro groups is 1. The number of rotatable bonds is 15. The highest BCUT2D eigenvalue weighted by atomic mass is 32.2. The Kier molecular flexibility index (Phi) is 11.4. The fraction of sp³-hybridized carbons (Fsp3) is 0.455. The third-order valence-electron chi connectivity index (χ3n) is 7.19. The number of benzene rings is 3. The normalized spacial score (nSPS) is 11.8. The van der Waals surface area contributed by atoms with E-state index in [2.05, 4.69) is 30.8 Å². The van der Waals surface area contributed by atoms with Crippen molar-refractivity contribution < 1.29 is 18.1 Å². The molecule has 0 atom stereocenters. The van der Waals surface area contributed by atoms with Gasteiger partial charge in [-0.1, -0.05) is 79.9 Å². The van der Waals surface area contributed by atoms with Crippen molar-refractivity contribution in [3.8, 4) is 5.75 Å². The van der Waals surface area contributed by atoms with Gasteiger partial charge in [-0.25, -0.2) is 8.42 Å². The highest BCUT2D eigenvalue weighted by Gasteiger charge is 2.28. The Bertz CT molecular complexity index is 1440. The van der Waals surface area contributed by atoms with Gasteiger partial charge in [0.2, 0.25) is 0 Å². The largest absolute Gasteiger partial charge is 0.494 e. The van der Waals surface area contributed by atoms with Crippen molar-refractivity contribution in [1.29, 1.82) is 0 Å². The molecule has 0 aliphatic rings. The Morgan fingerprint density at radius 3 is 1.93 bits per heavy atom. The Morgan fingerprint density at radius 1 is 0.810 bits per heavy atom. The van der Waals surface area contributed by atoms with E-state index >= 15 is 0 Å². The van der Waals surface area contributed by atoms with Crippen molar-refractivity contribution in [2.24, 2.45) is 0 Å². The number of hydrogen-bond donors (Lipinski definition) is 2. The van der Waals surface area contributed by atoms with Gasteiger partial charge < -0.3 is 10.1 Å². The highest BCUT2D eigenvalue weighted by molar-refractivity contribution is 7.92. The van der Waals surface area contributed by atoms with Crippen LogP contribution in [0.2, 0.25) is 0 Å². The smallest absolute Gasteiger partial charge is 0.294 e. The minimum Gasteiger partial charge on any atom is -0.494 e. The van der Waals surface area contributed by atoms with Crippen molar-refractivity contribution in [2.45, 2.75) is 96.8 Å². The molecule has 0 unspecified atom stereocenters. The molecular formula is C33H45N3O5S. The Hall–Kier alpha value is -3.59. The van der Waals surface area contributed by atoms with E-state index < -0.39 is 14.9 Å². The lowest BCUT2D eigenvalue weighted by Gasteiger charge is -2.23. The van der Waals surface area contributed by atoms with E-state index in [4.69, 9.17) is 4.74 Å².